The molecule has 0 aliphatic carbocycles. The summed E-state index contributed by atoms with van der Waals surface area (Å²) in [5, 5.41) is 0. The van der Waals surface area contributed by atoms with Crippen LogP contribution in [0.3, 0.4) is 0 Å². The summed E-state index contributed by atoms with van der Waals surface area (Å²) in [6.07, 6.45) is 0.0954. The first-order valence-electron chi connectivity index (χ1n) is 6.55. The van der Waals surface area contributed by atoms with Crippen molar-refractivity contribution >= 4 is 0 Å². The van der Waals surface area contributed by atoms with E-state index in [1.54, 1.807) is 0 Å². The lowest BCUT2D eigenvalue weighted by Gasteiger charge is -2.38. The maximum Gasteiger partial charge on any atom is 0.161 e. The Hall–Kier alpha value is -1.26. The largest absolute Gasteiger partial charge is 0.486 e. The second-order valence-electron chi connectivity index (χ2n) is 4.80. The molecule has 3 rings (SSSR count). The highest BCUT2D eigenvalue weighted by Gasteiger charge is 2.30. The number of nitrogens with zero attached hydrogens (tertiary/aromatic N) is 1. The summed E-state index contributed by atoms with van der Waals surface area (Å²) in [5.41, 5.74) is 0. The van der Waals surface area contributed by atoms with E-state index in [1.807, 2.05) is 24.3 Å². The summed E-state index contributed by atoms with van der Waals surface area (Å²) in [6, 6.07) is 8.21. The van der Waals surface area contributed by atoms with Gasteiger partial charge in [0, 0.05) is 19.1 Å². The van der Waals surface area contributed by atoms with Gasteiger partial charge in [0.1, 0.15) is 12.7 Å². The van der Waals surface area contributed by atoms with Crippen LogP contribution in [0.1, 0.15) is 6.92 Å². The van der Waals surface area contributed by atoms with Crippen LogP contribution in [0, 0.1) is 0 Å². The van der Waals surface area contributed by atoms with Crippen LogP contribution in [0.15, 0.2) is 24.3 Å². The van der Waals surface area contributed by atoms with E-state index in [9.17, 15) is 0 Å². The Labute approximate surface area is 107 Å². The van der Waals surface area contributed by atoms with Gasteiger partial charge in [-0.05, 0) is 19.1 Å². The van der Waals surface area contributed by atoms with Crippen molar-refractivity contribution in [1.29, 1.82) is 0 Å². The standard InChI is InChI=1S/C14H19NO3/c1-11(15-6-8-16-9-7-15)14-10-17-12-4-2-3-5-13(12)18-14/h2-5,11,14H,6-10H2,1H3/t11-,14+/m1/s1. The topological polar surface area (TPSA) is 30.9 Å². The zero-order valence-electron chi connectivity index (χ0n) is 10.7. The number of fused-ring (bicyclic) bond motifs is 1. The number of hydrogen-bond acceptors (Lipinski definition) is 4. The Bertz CT molecular complexity index is 404. The van der Waals surface area contributed by atoms with E-state index in [0.29, 0.717) is 12.6 Å². The number of para-hydroxylation sites is 2. The van der Waals surface area contributed by atoms with E-state index in [1.165, 1.54) is 0 Å². The fourth-order valence-electron chi connectivity index (χ4n) is 2.49. The van der Waals surface area contributed by atoms with Crippen molar-refractivity contribution in [2.24, 2.45) is 0 Å². The molecule has 2 aliphatic rings. The van der Waals surface area contributed by atoms with Crippen molar-refractivity contribution in [3.8, 4) is 11.5 Å². The van der Waals surface area contributed by atoms with E-state index in [-0.39, 0.29) is 6.10 Å². The number of ether oxygens (including phenoxy) is 3. The van der Waals surface area contributed by atoms with Crippen LogP contribution >= 0.6 is 0 Å². The van der Waals surface area contributed by atoms with Crippen molar-refractivity contribution in [3.05, 3.63) is 24.3 Å². The average molecular weight is 249 g/mol. The lowest BCUT2D eigenvalue weighted by molar-refractivity contribution is -0.0280. The van der Waals surface area contributed by atoms with Crippen molar-refractivity contribution in [2.45, 2.75) is 19.1 Å². The Kier molecular flexibility index (Phi) is 3.39. The third-order valence-corrected chi connectivity index (χ3v) is 3.69. The molecule has 0 amide bonds. The lowest BCUT2D eigenvalue weighted by Crippen LogP contribution is -2.51. The molecule has 0 spiro atoms. The van der Waals surface area contributed by atoms with Crippen LogP contribution in [0.25, 0.3) is 0 Å². The number of morpholine rings is 1. The second-order valence-corrected chi connectivity index (χ2v) is 4.80. The van der Waals surface area contributed by atoms with Gasteiger partial charge in [-0.2, -0.15) is 0 Å². The molecule has 2 aliphatic heterocycles. The maximum atomic E-state index is 6.04. The minimum absolute atomic E-state index is 0.0954. The van der Waals surface area contributed by atoms with Gasteiger partial charge in [0.15, 0.2) is 11.5 Å². The van der Waals surface area contributed by atoms with E-state index >= 15 is 0 Å². The van der Waals surface area contributed by atoms with Crippen molar-refractivity contribution in [2.75, 3.05) is 32.9 Å². The van der Waals surface area contributed by atoms with Crippen molar-refractivity contribution < 1.29 is 14.2 Å². The van der Waals surface area contributed by atoms with Gasteiger partial charge in [0.2, 0.25) is 0 Å². The first-order valence-corrected chi connectivity index (χ1v) is 6.55. The molecular formula is C14H19NO3. The monoisotopic (exact) mass is 249 g/mol. The predicted octanol–water partition coefficient (Wildman–Crippen LogP) is 1.55. The zero-order chi connectivity index (χ0) is 12.4. The van der Waals surface area contributed by atoms with E-state index in [2.05, 4.69) is 11.8 Å². The summed E-state index contributed by atoms with van der Waals surface area (Å²) in [6.45, 7) is 6.40. The zero-order valence-corrected chi connectivity index (χ0v) is 10.7. The van der Waals surface area contributed by atoms with Crippen LogP contribution in [0.5, 0.6) is 11.5 Å². The smallest absolute Gasteiger partial charge is 0.161 e. The molecule has 0 aromatic heterocycles. The van der Waals surface area contributed by atoms with Crippen LogP contribution in [-0.4, -0.2) is 50.0 Å². The Balaban J connectivity index is 1.67. The van der Waals surface area contributed by atoms with Crippen molar-refractivity contribution in [1.82, 2.24) is 4.90 Å². The van der Waals surface area contributed by atoms with Gasteiger partial charge in [-0.15, -0.1) is 0 Å². The molecule has 0 unspecified atom stereocenters. The van der Waals surface area contributed by atoms with Gasteiger partial charge in [0.25, 0.3) is 0 Å². The number of benzene rings is 1. The third kappa shape index (κ3) is 2.31. The van der Waals surface area contributed by atoms with E-state index < -0.39 is 0 Å². The molecule has 1 aromatic rings. The molecule has 1 saturated heterocycles. The quantitative estimate of drug-likeness (QED) is 0.795. The molecule has 0 saturated carbocycles. The molecule has 2 heterocycles. The molecule has 18 heavy (non-hydrogen) atoms. The predicted molar refractivity (Wildman–Crippen MR) is 68.2 cm³/mol. The van der Waals surface area contributed by atoms with Crippen molar-refractivity contribution in [3.63, 3.8) is 0 Å². The fourth-order valence-corrected chi connectivity index (χ4v) is 2.49. The number of hydrogen-bond donors (Lipinski definition) is 0. The molecule has 1 fully saturated rings. The highest BCUT2D eigenvalue weighted by atomic mass is 16.6. The summed E-state index contributed by atoms with van der Waals surface area (Å²) >= 11 is 0. The second kappa shape index (κ2) is 5.16. The lowest BCUT2D eigenvalue weighted by atomic mass is 10.1. The Morgan fingerprint density at radius 2 is 1.89 bits per heavy atom. The first kappa shape index (κ1) is 11.8. The summed E-state index contributed by atoms with van der Waals surface area (Å²) in [5.74, 6) is 1.71. The molecule has 0 bridgehead atoms. The third-order valence-electron chi connectivity index (χ3n) is 3.69. The van der Waals surface area contributed by atoms with Gasteiger partial charge in [0.05, 0.1) is 13.2 Å². The summed E-state index contributed by atoms with van der Waals surface area (Å²) in [7, 11) is 0. The van der Waals surface area contributed by atoms with Gasteiger partial charge in [-0.3, -0.25) is 4.90 Å². The molecule has 0 N–H and O–H groups in total. The van der Waals surface area contributed by atoms with Gasteiger partial charge < -0.3 is 14.2 Å². The van der Waals surface area contributed by atoms with Gasteiger partial charge in [-0.1, -0.05) is 12.1 Å². The molecule has 4 heteroatoms. The van der Waals surface area contributed by atoms with Gasteiger partial charge >= 0.3 is 0 Å². The maximum absolute atomic E-state index is 6.04. The Morgan fingerprint density at radius 3 is 2.67 bits per heavy atom. The first-order chi connectivity index (χ1) is 8.84. The molecule has 98 valence electrons. The van der Waals surface area contributed by atoms with Crippen LogP contribution in [0.2, 0.25) is 0 Å². The van der Waals surface area contributed by atoms with Crippen LogP contribution < -0.4 is 9.47 Å². The number of rotatable bonds is 2. The Morgan fingerprint density at radius 1 is 1.17 bits per heavy atom. The van der Waals surface area contributed by atoms with Gasteiger partial charge in [-0.25, -0.2) is 0 Å². The molecule has 2 atom stereocenters. The SMILES string of the molecule is C[C@H]([C@@H]1COc2ccccc2O1)N1CCOCC1. The minimum atomic E-state index is 0.0954. The summed E-state index contributed by atoms with van der Waals surface area (Å²) in [4.78, 5) is 2.41. The highest BCUT2D eigenvalue weighted by molar-refractivity contribution is 5.40. The average Bonchev–Trinajstić information content (AvgIpc) is 2.47. The molecule has 0 radical (unpaired) electrons. The molecule has 1 aromatic carbocycles. The molecular weight excluding hydrogens is 230 g/mol. The normalized spacial score (nSPS) is 25.7. The van der Waals surface area contributed by atoms with E-state index in [4.69, 9.17) is 14.2 Å². The van der Waals surface area contributed by atoms with E-state index in [0.717, 1.165) is 37.8 Å². The summed E-state index contributed by atoms with van der Waals surface area (Å²) < 4.78 is 17.2. The molecule has 4 nitrogen and oxygen atoms in total. The fraction of sp³-hybridized carbons (Fsp3) is 0.571. The minimum Gasteiger partial charge on any atom is -0.486 e. The highest BCUT2D eigenvalue weighted by Crippen LogP contribution is 2.32. The van der Waals surface area contributed by atoms with Crippen LogP contribution in [-0.2, 0) is 4.74 Å². The van der Waals surface area contributed by atoms with Crippen LogP contribution in [0.4, 0.5) is 0 Å².